The molecule has 0 unspecified atom stereocenters. The van der Waals surface area contributed by atoms with Crippen LogP contribution in [0.3, 0.4) is 0 Å². The lowest BCUT2D eigenvalue weighted by atomic mass is 10.2. The molecule has 1 aromatic rings. The molecule has 0 atom stereocenters. The molecule has 1 heterocycles. The minimum absolute atomic E-state index is 0. The molecule has 0 fully saturated rings. The van der Waals surface area contributed by atoms with Crippen molar-refractivity contribution < 1.29 is 14.3 Å². The van der Waals surface area contributed by atoms with Crippen molar-refractivity contribution in [3.05, 3.63) is 24.5 Å². The number of halogens is 1. The molecular weight excluding hydrogens is 437 g/mol. The molecule has 0 radical (unpaired) electrons. The van der Waals surface area contributed by atoms with Crippen LogP contribution in [0.25, 0.3) is 0 Å². The highest BCUT2D eigenvalue weighted by atomic mass is 127. The summed E-state index contributed by atoms with van der Waals surface area (Å²) in [6, 6.07) is 3.67. The van der Waals surface area contributed by atoms with Crippen LogP contribution < -0.4 is 20.7 Å². The monoisotopic (exact) mass is 465 g/mol. The van der Waals surface area contributed by atoms with Crippen molar-refractivity contribution in [1.29, 1.82) is 0 Å². The van der Waals surface area contributed by atoms with Gasteiger partial charge in [0.25, 0.3) is 0 Å². The maximum absolute atomic E-state index is 11.5. The summed E-state index contributed by atoms with van der Waals surface area (Å²) in [7, 11) is 1.68. The van der Waals surface area contributed by atoms with Crippen molar-refractivity contribution in [1.82, 2.24) is 20.9 Å². The van der Waals surface area contributed by atoms with E-state index in [9.17, 15) is 4.79 Å². The van der Waals surface area contributed by atoms with Crippen molar-refractivity contribution in [3.63, 3.8) is 0 Å². The molecule has 0 saturated carbocycles. The van der Waals surface area contributed by atoms with Crippen molar-refractivity contribution >= 4 is 36.0 Å². The van der Waals surface area contributed by atoms with E-state index in [2.05, 4.69) is 25.9 Å². The van der Waals surface area contributed by atoms with Crippen LogP contribution in [0.15, 0.2) is 29.5 Å². The summed E-state index contributed by atoms with van der Waals surface area (Å²) in [5.74, 6) is 1.36. The molecular formula is C16H28IN5O3. The van der Waals surface area contributed by atoms with Gasteiger partial charge in [-0.25, -0.2) is 4.79 Å². The summed E-state index contributed by atoms with van der Waals surface area (Å²) in [5.41, 5.74) is -0.497. The normalized spacial score (nSPS) is 11.1. The smallest absolute Gasteiger partial charge is 0.407 e. The van der Waals surface area contributed by atoms with E-state index in [4.69, 9.17) is 9.47 Å². The number of carbonyl (C=O) groups is 1. The number of nitrogens with zero attached hydrogens (tertiary/aromatic N) is 2. The molecule has 142 valence electrons. The number of guanidine groups is 1. The van der Waals surface area contributed by atoms with E-state index in [1.807, 2.05) is 32.9 Å². The van der Waals surface area contributed by atoms with Gasteiger partial charge in [0, 0.05) is 26.3 Å². The fraction of sp³-hybridized carbons (Fsp3) is 0.562. The Morgan fingerprint density at radius 3 is 2.48 bits per heavy atom. The number of rotatable bonds is 7. The third-order valence-electron chi connectivity index (χ3n) is 2.61. The van der Waals surface area contributed by atoms with Crippen LogP contribution in [0.4, 0.5) is 4.79 Å². The second-order valence-corrected chi connectivity index (χ2v) is 5.89. The fourth-order valence-corrected chi connectivity index (χ4v) is 1.65. The van der Waals surface area contributed by atoms with Crippen LogP contribution >= 0.6 is 24.0 Å². The topological polar surface area (TPSA) is 96.9 Å². The van der Waals surface area contributed by atoms with Gasteiger partial charge in [0.15, 0.2) is 5.96 Å². The number of aromatic nitrogens is 1. The Morgan fingerprint density at radius 2 is 1.88 bits per heavy atom. The number of pyridine rings is 1. The molecule has 1 amide bonds. The van der Waals surface area contributed by atoms with Crippen LogP contribution in [-0.2, 0) is 4.74 Å². The molecule has 0 aliphatic carbocycles. The van der Waals surface area contributed by atoms with Crippen molar-refractivity contribution in [2.24, 2.45) is 4.99 Å². The Balaban J connectivity index is 0.00000576. The third-order valence-corrected chi connectivity index (χ3v) is 2.61. The summed E-state index contributed by atoms with van der Waals surface area (Å²) in [6.45, 7) is 7.51. The van der Waals surface area contributed by atoms with Gasteiger partial charge in [-0.05, 0) is 32.9 Å². The summed E-state index contributed by atoms with van der Waals surface area (Å²) >= 11 is 0. The summed E-state index contributed by atoms with van der Waals surface area (Å²) in [5, 5.41) is 8.87. The lowest BCUT2D eigenvalue weighted by Crippen LogP contribution is -2.43. The Bertz CT molecular complexity index is 520. The highest BCUT2D eigenvalue weighted by Gasteiger charge is 2.15. The Hall–Kier alpha value is -1.78. The zero-order valence-electron chi connectivity index (χ0n) is 15.2. The third kappa shape index (κ3) is 12.3. The van der Waals surface area contributed by atoms with E-state index in [1.165, 1.54) is 0 Å². The minimum Gasteiger partial charge on any atom is -0.490 e. The largest absolute Gasteiger partial charge is 0.490 e. The number of nitrogens with one attached hydrogen (secondary N) is 3. The number of carbonyl (C=O) groups excluding carboxylic acids is 1. The lowest BCUT2D eigenvalue weighted by Gasteiger charge is -2.19. The number of aliphatic imine (C=N–C) groups is 1. The van der Waals surface area contributed by atoms with Crippen molar-refractivity contribution in [3.8, 4) is 5.75 Å². The Morgan fingerprint density at radius 1 is 1.20 bits per heavy atom. The van der Waals surface area contributed by atoms with Gasteiger partial charge in [0.1, 0.15) is 18.0 Å². The number of hydrogen-bond acceptors (Lipinski definition) is 5. The molecule has 9 heteroatoms. The number of hydrogen-bond donors (Lipinski definition) is 3. The van der Waals surface area contributed by atoms with Gasteiger partial charge in [-0.2, -0.15) is 0 Å². The lowest BCUT2D eigenvalue weighted by molar-refractivity contribution is 0.0529. The fourth-order valence-electron chi connectivity index (χ4n) is 1.65. The molecule has 0 aliphatic rings. The van der Waals surface area contributed by atoms with E-state index in [-0.39, 0.29) is 24.0 Å². The second-order valence-electron chi connectivity index (χ2n) is 5.89. The van der Waals surface area contributed by atoms with Crippen molar-refractivity contribution in [2.75, 3.05) is 33.3 Å². The Labute approximate surface area is 166 Å². The molecule has 3 N–H and O–H groups in total. The molecule has 0 bridgehead atoms. The molecule has 0 saturated heterocycles. The standard InChI is InChI=1S/C16H27N5O3.HI/c1-16(2,3)24-15(22)21-9-8-19-14(17-4)20-10-11-23-13-6-5-7-18-12-13;/h5-7,12H,8-11H2,1-4H3,(H,21,22)(H2,17,19,20);1H. The maximum Gasteiger partial charge on any atom is 0.407 e. The first-order chi connectivity index (χ1) is 11.4. The average Bonchev–Trinajstić information content (AvgIpc) is 2.52. The molecule has 1 aromatic heterocycles. The predicted octanol–water partition coefficient (Wildman–Crippen LogP) is 1.77. The van der Waals surface area contributed by atoms with Crippen molar-refractivity contribution in [2.45, 2.75) is 26.4 Å². The highest BCUT2D eigenvalue weighted by Crippen LogP contribution is 2.06. The summed E-state index contributed by atoms with van der Waals surface area (Å²) < 4.78 is 10.7. The van der Waals surface area contributed by atoms with Crippen LogP contribution in [0.2, 0.25) is 0 Å². The van der Waals surface area contributed by atoms with Crippen LogP contribution in [0.1, 0.15) is 20.8 Å². The number of amides is 1. The first-order valence-corrected chi connectivity index (χ1v) is 7.85. The molecule has 0 aliphatic heterocycles. The summed E-state index contributed by atoms with van der Waals surface area (Å²) in [6.07, 6.45) is 2.93. The van der Waals surface area contributed by atoms with E-state index in [0.29, 0.717) is 32.2 Å². The van der Waals surface area contributed by atoms with Gasteiger partial charge >= 0.3 is 6.09 Å². The van der Waals surface area contributed by atoms with Gasteiger partial charge in [-0.3, -0.25) is 9.98 Å². The molecule has 25 heavy (non-hydrogen) atoms. The second kappa shape index (κ2) is 12.6. The molecule has 0 aromatic carbocycles. The van der Waals surface area contributed by atoms with E-state index >= 15 is 0 Å². The zero-order chi connectivity index (χ0) is 17.8. The van der Waals surface area contributed by atoms with Gasteiger partial charge in [0.05, 0.1) is 12.7 Å². The van der Waals surface area contributed by atoms with Gasteiger partial charge in [0.2, 0.25) is 0 Å². The Kier molecular flexibility index (Phi) is 11.7. The SMILES string of the molecule is CN=C(NCCNC(=O)OC(C)(C)C)NCCOc1cccnc1.I. The van der Waals surface area contributed by atoms with Gasteiger partial charge < -0.3 is 25.4 Å². The van der Waals surface area contributed by atoms with E-state index in [1.54, 1.807) is 19.4 Å². The summed E-state index contributed by atoms with van der Waals surface area (Å²) in [4.78, 5) is 19.6. The minimum atomic E-state index is -0.497. The van der Waals surface area contributed by atoms with Gasteiger partial charge in [-0.15, -0.1) is 24.0 Å². The first kappa shape index (κ1) is 23.2. The quantitative estimate of drug-likeness (QED) is 0.246. The number of alkyl carbamates (subject to hydrolysis) is 1. The zero-order valence-corrected chi connectivity index (χ0v) is 17.5. The number of ether oxygens (including phenoxy) is 2. The highest BCUT2D eigenvalue weighted by molar-refractivity contribution is 14.0. The van der Waals surface area contributed by atoms with Crippen LogP contribution in [-0.4, -0.2) is 55.9 Å². The van der Waals surface area contributed by atoms with E-state index < -0.39 is 11.7 Å². The van der Waals surface area contributed by atoms with Crippen LogP contribution in [0, 0.1) is 0 Å². The molecule has 0 spiro atoms. The maximum atomic E-state index is 11.5. The average molecular weight is 465 g/mol. The van der Waals surface area contributed by atoms with Gasteiger partial charge in [-0.1, -0.05) is 0 Å². The predicted molar refractivity (Wildman–Crippen MR) is 109 cm³/mol. The first-order valence-electron chi connectivity index (χ1n) is 7.85. The molecule has 1 rings (SSSR count). The van der Waals surface area contributed by atoms with Crippen LogP contribution in [0.5, 0.6) is 5.75 Å². The molecule has 8 nitrogen and oxygen atoms in total. The van der Waals surface area contributed by atoms with E-state index in [0.717, 1.165) is 5.75 Å².